The Labute approximate surface area is 115 Å². The first-order valence-electron chi connectivity index (χ1n) is 6.90. The van der Waals surface area contributed by atoms with Gasteiger partial charge in [-0.05, 0) is 13.8 Å². The highest BCUT2D eigenvalue weighted by Crippen LogP contribution is 2.29. The fraction of sp³-hybridized carbons (Fsp3) is 1.00. The number of thioether (sulfide) groups is 1. The average molecular weight is 274 g/mol. The standard InChI is InChI=1S/C13H26N2O2S/c1-13(2)11-15(5-8-18-13)10-12(16)9-14-3-6-17-7-4-14/h12,16H,3-11H2,1-2H3. The summed E-state index contributed by atoms with van der Waals surface area (Å²) in [6.45, 7) is 11.9. The Morgan fingerprint density at radius 1 is 1.17 bits per heavy atom. The minimum atomic E-state index is -0.234. The van der Waals surface area contributed by atoms with E-state index in [9.17, 15) is 5.11 Å². The van der Waals surface area contributed by atoms with E-state index >= 15 is 0 Å². The number of aliphatic hydroxyl groups is 1. The Hall–Kier alpha value is 0.190. The van der Waals surface area contributed by atoms with Gasteiger partial charge in [-0.1, -0.05) is 0 Å². The lowest BCUT2D eigenvalue weighted by atomic mass is 10.1. The van der Waals surface area contributed by atoms with Gasteiger partial charge in [0.05, 0.1) is 19.3 Å². The molecular formula is C13H26N2O2S. The van der Waals surface area contributed by atoms with Crippen LogP contribution in [-0.2, 0) is 4.74 Å². The summed E-state index contributed by atoms with van der Waals surface area (Å²) in [5.74, 6) is 1.18. The fourth-order valence-electron chi connectivity index (χ4n) is 2.71. The zero-order valence-corrected chi connectivity index (χ0v) is 12.4. The number of rotatable bonds is 4. The predicted molar refractivity (Wildman–Crippen MR) is 76.2 cm³/mol. The molecule has 0 aromatic heterocycles. The summed E-state index contributed by atoms with van der Waals surface area (Å²) in [4.78, 5) is 4.71. The van der Waals surface area contributed by atoms with Gasteiger partial charge in [0.2, 0.25) is 0 Å². The average Bonchev–Trinajstić information content (AvgIpc) is 2.28. The largest absolute Gasteiger partial charge is 0.390 e. The first kappa shape index (κ1) is 14.6. The van der Waals surface area contributed by atoms with E-state index in [-0.39, 0.29) is 6.10 Å². The van der Waals surface area contributed by atoms with Gasteiger partial charge in [-0.3, -0.25) is 9.80 Å². The molecule has 5 heteroatoms. The lowest BCUT2D eigenvalue weighted by Crippen LogP contribution is -2.49. The third-order valence-electron chi connectivity index (χ3n) is 3.55. The Kier molecular flexibility index (Phi) is 5.33. The topological polar surface area (TPSA) is 35.9 Å². The maximum absolute atomic E-state index is 10.2. The number of β-amino-alcohol motifs (C(OH)–C–C–N with tert-alkyl or cyclic N) is 1. The van der Waals surface area contributed by atoms with E-state index in [1.165, 1.54) is 5.75 Å². The molecule has 0 aromatic rings. The van der Waals surface area contributed by atoms with E-state index in [0.29, 0.717) is 4.75 Å². The molecule has 1 N–H and O–H groups in total. The van der Waals surface area contributed by atoms with Gasteiger partial charge in [0.15, 0.2) is 0 Å². The molecule has 1 unspecified atom stereocenters. The van der Waals surface area contributed by atoms with Crippen LogP contribution in [0.15, 0.2) is 0 Å². The summed E-state index contributed by atoms with van der Waals surface area (Å²) in [6, 6.07) is 0. The quantitative estimate of drug-likeness (QED) is 0.808. The molecule has 106 valence electrons. The molecule has 0 spiro atoms. The van der Waals surface area contributed by atoms with Crippen molar-refractivity contribution in [2.24, 2.45) is 0 Å². The van der Waals surface area contributed by atoms with Crippen LogP contribution >= 0.6 is 11.8 Å². The minimum absolute atomic E-state index is 0.234. The third-order valence-corrected chi connectivity index (χ3v) is 4.84. The summed E-state index contributed by atoms with van der Waals surface area (Å²) < 4.78 is 5.65. The highest BCUT2D eigenvalue weighted by atomic mass is 32.2. The summed E-state index contributed by atoms with van der Waals surface area (Å²) in [5.41, 5.74) is 0. The van der Waals surface area contributed by atoms with Gasteiger partial charge >= 0.3 is 0 Å². The van der Waals surface area contributed by atoms with Crippen molar-refractivity contribution in [3.63, 3.8) is 0 Å². The predicted octanol–water partition coefficient (Wildman–Crippen LogP) is 0.507. The van der Waals surface area contributed by atoms with Crippen molar-refractivity contribution >= 4 is 11.8 Å². The molecular weight excluding hydrogens is 248 g/mol. The molecule has 2 saturated heterocycles. The normalized spacial score (nSPS) is 28.2. The highest BCUT2D eigenvalue weighted by molar-refractivity contribution is 8.00. The smallest absolute Gasteiger partial charge is 0.0793 e. The van der Waals surface area contributed by atoms with Crippen LogP contribution in [0.1, 0.15) is 13.8 Å². The Balaban J connectivity index is 1.71. The number of ether oxygens (including phenoxy) is 1. The first-order chi connectivity index (χ1) is 8.55. The summed E-state index contributed by atoms with van der Waals surface area (Å²) in [6.07, 6.45) is -0.234. The monoisotopic (exact) mass is 274 g/mol. The molecule has 0 aliphatic carbocycles. The molecule has 2 heterocycles. The van der Waals surface area contributed by atoms with E-state index in [1.807, 2.05) is 11.8 Å². The first-order valence-corrected chi connectivity index (χ1v) is 7.88. The van der Waals surface area contributed by atoms with Crippen LogP contribution in [-0.4, -0.2) is 84.0 Å². The summed E-state index contributed by atoms with van der Waals surface area (Å²) >= 11 is 2.04. The molecule has 4 nitrogen and oxygen atoms in total. The molecule has 2 fully saturated rings. The van der Waals surface area contributed by atoms with E-state index in [0.717, 1.165) is 52.5 Å². The van der Waals surface area contributed by atoms with Gasteiger partial charge < -0.3 is 9.84 Å². The van der Waals surface area contributed by atoms with E-state index < -0.39 is 0 Å². The van der Waals surface area contributed by atoms with Crippen molar-refractivity contribution in [2.75, 3.05) is 58.2 Å². The Morgan fingerprint density at radius 2 is 1.83 bits per heavy atom. The van der Waals surface area contributed by atoms with Gasteiger partial charge in [0.25, 0.3) is 0 Å². The van der Waals surface area contributed by atoms with Crippen LogP contribution in [0.4, 0.5) is 0 Å². The second kappa shape index (κ2) is 6.57. The third kappa shape index (κ3) is 4.70. The van der Waals surface area contributed by atoms with E-state index in [1.54, 1.807) is 0 Å². The molecule has 18 heavy (non-hydrogen) atoms. The lowest BCUT2D eigenvalue weighted by molar-refractivity contribution is 0.00666. The van der Waals surface area contributed by atoms with E-state index in [4.69, 9.17) is 4.74 Å². The maximum atomic E-state index is 10.2. The number of morpholine rings is 1. The second-order valence-electron chi connectivity index (χ2n) is 5.91. The molecule has 2 aliphatic rings. The maximum Gasteiger partial charge on any atom is 0.0793 e. The number of nitrogens with zero attached hydrogens (tertiary/aromatic N) is 2. The van der Waals surface area contributed by atoms with Crippen molar-refractivity contribution < 1.29 is 9.84 Å². The van der Waals surface area contributed by atoms with Gasteiger partial charge in [0, 0.05) is 49.8 Å². The van der Waals surface area contributed by atoms with Crippen LogP contribution in [0.5, 0.6) is 0 Å². The molecule has 0 amide bonds. The molecule has 0 saturated carbocycles. The summed E-state index contributed by atoms with van der Waals surface area (Å²) in [7, 11) is 0. The molecule has 0 bridgehead atoms. The van der Waals surface area contributed by atoms with Crippen LogP contribution in [0.3, 0.4) is 0 Å². The minimum Gasteiger partial charge on any atom is -0.390 e. The lowest BCUT2D eigenvalue weighted by Gasteiger charge is -2.39. The molecule has 2 rings (SSSR count). The van der Waals surface area contributed by atoms with Crippen LogP contribution in [0, 0.1) is 0 Å². The Morgan fingerprint density at radius 3 is 2.50 bits per heavy atom. The Bertz CT molecular complexity index is 257. The van der Waals surface area contributed by atoms with Gasteiger partial charge in [-0.15, -0.1) is 0 Å². The van der Waals surface area contributed by atoms with Crippen molar-refractivity contribution in [2.45, 2.75) is 24.7 Å². The molecule has 1 atom stereocenters. The zero-order valence-electron chi connectivity index (χ0n) is 11.6. The highest BCUT2D eigenvalue weighted by Gasteiger charge is 2.28. The molecule has 0 radical (unpaired) electrons. The van der Waals surface area contributed by atoms with Gasteiger partial charge in [0.1, 0.15) is 0 Å². The SMILES string of the molecule is CC1(C)CN(CC(O)CN2CCOCC2)CCS1. The zero-order chi connectivity index (χ0) is 13.0. The van der Waals surface area contributed by atoms with Crippen LogP contribution in [0.2, 0.25) is 0 Å². The van der Waals surface area contributed by atoms with Crippen LogP contribution in [0.25, 0.3) is 0 Å². The summed E-state index contributed by atoms with van der Waals surface area (Å²) in [5, 5.41) is 10.2. The number of aliphatic hydroxyl groups excluding tert-OH is 1. The van der Waals surface area contributed by atoms with Crippen molar-refractivity contribution in [3.05, 3.63) is 0 Å². The molecule has 2 aliphatic heterocycles. The number of hydrogen-bond donors (Lipinski definition) is 1. The second-order valence-corrected chi connectivity index (χ2v) is 7.71. The van der Waals surface area contributed by atoms with E-state index in [2.05, 4.69) is 23.6 Å². The van der Waals surface area contributed by atoms with Crippen LogP contribution < -0.4 is 0 Å². The van der Waals surface area contributed by atoms with Crippen molar-refractivity contribution in [1.29, 1.82) is 0 Å². The number of hydrogen-bond acceptors (Lipinski definition) is 5. The van der Waals surface area contributed by atoms with Gasteiger partial charge in [-0.25, -0.2) is 0 Å². The fourth-order valence-corrected chi connectivity index (χ4v) is 3.88. The molecule has 0 aromatic carbocycles. The van der Waals surface area contributed by atoms with Gasteiger partial charge in [-0.2, -0.15) is 11.8 Å². The van der Waals surface area contributed by atoms with Crippen molar-refractivity contribution in [1.82, 2.24) is 9.80 Å². The van der Waals surface area contributed by atoms with Crippen molar-refractivity contribution in [3.8, 4) is 0 Å².